The second-order valence-corrected chi connectivity index (χ2v) is 5.83. The molecule has 1 N–H and O–H groups in total. The van der Waals surface area contributed by atoms with E-state index in [1.807, 2.05) is 23.5 Å². The van der Waals surface area contributed by atoms with E-state index < -0.39 is 0 Å². The molecule has 0 radical (unpaired) electrons. The van der Waals surface area contributed by atoms with Gasteiger partial charge in [-0.05, 0) is 36.1 Å². The van der Waals surface area contributed by atoms with Crippen molar-refractivity contribution in [3.8, 4) is 5.75 Å². The number of nitrogens with one attached hydrogen (secondary N) is 1. The zero-order chi connectivity index (χ0) is 14.4. The fraction of sp³-hybridized carbons (Fsp3) is 0.375. The van der Waals surface area contributed by atoms with Crippen LogP contribution in [-0.4, -0.2) is 27.2 Å². The molecule has 4 heteroatoms. The van der Waals surface area contributed by atoms with E-state index in [9.17, 15) is 0 Å². The molecule has 1 heterocycles. The molecule has 3 nitrogen and oxygen atoms in total. The van der Waals surface area contributed by atoms with E-state index in [1.165, 1.54) is 16.1 Å². The molecule has 0 unspecified atom stereocenters. The summed E-state index contributed by atoms with van der Waals surface area (Å²) in [5, 5.41) is 5.64. The lowest BCUT2D eigenvalue weighted by Gasteiger charge is -2.20. The van der Waals surface area contributed by atoms with Crippen LogP contribution in [0.25, 0.3) is 0 Å². The second kappa shape index (κ2) is 7.31. The smallest absolute Gasteiger partial charge is 0.120 e. The van der Waals surface area contributed by atoms with Crippen LogP contribution in [0, 0.1) is 6.92 Å². The number of rotatable bonds is 7. The zero-order valence-corrected chi connectivity index (χ0v) is 13.2. The molecule has 1 aromatic heterocycles. The Labute approximate surface area is 125 Å². The summed E-state index contributed by atoms with van der Waals surface area (Å²) < 4.78 is 5.25. The van der Waals surface area contributed by atoms with Gasteiger partial charge in [0.05, 0.1) is 7.11 Å². The van der Waals surface area contributed by atoms with Crippen LogP contribution in [0.15, 0.2) is 35.7 Å². The van der Waals surface area contributed by atoms with Crippen LogP contribution in [0.4, 0.5) is 5.69 Å². The fourth-order valence-electron chi connectivity index (χ4n) is 2.01. The monoisotopic (exact) mass is 290 g/mol. The van der Waals surface area contributed by atoms with Crippen molar-refractivity contribution in [1.29, 1.82) is 0 Å². The number of nitrogens with zero attached hydrogens (tertiary/aromatic N) is 1. The van der Waals surface area contributed by atoms with Gasteiger partial charge in [-0.1, -0.05) is 6.07 Å². The fourth-order valence-corrected chi connectivity index (χ4v) is 2.89. The van der Waals surface area contributed by atoms with Crippen molar-refractivity contribution in [2.24, 2.45) is 0 Å². The molecular formula is C16H22N2OS. The van der Waals surface area contributed by atoms with E-state index in [1.54, 1.807) is 7.11 Å². The maximum Gasteiger partial charge on any atom is 0.120 e. The second-order valence-electron chi connectivity index (χ2n) is 4.83. The quantitative estimate of drug-likeness (QED) is 0.792. The first kappa shape index (κ1) is 14.9. The van der Waals surface area contributed by atoms with E-state index in [0.29, 0.717) is 0 Å². The highest BCUT2D eigenvalue weighted by Gasteiger charge is 2.03. The van der Waals surface area contributed by atoms with Gasteiger partial charge in [-0.2, -0.15) is 0 Å². The van der Waals surface area contributed by atoms with E-state index >= 15 is 0 Å². The van der Waals surface area contributed by atoms with Gasteiger partial charge < -0.3 is 15.0 Å². The Morgan fingerprint density at radius 3 is 2.85 bits per heavy atom. The standard InChI is InChI=1S/C16H22N2OS/c1-13-7-10-20-16(13)12-17-8-9-18(2)14-5-4-6-15(11-14)19-3/h4-7,10-11,17H,8-9,12H2,1-3H3. The van der Waals surface area contributed by atoms with E-state index in [4.69, 9.17) is 4.74 Å². The number of anilines is 1. The van der Waals surface area contributed by atoms with Gasteiger partial charge >= 0.3 is 0 Å². The minimum absolute atomic E-state index is 0.900. The van der Waals surface area contributed by atoms with Crippen LogP contribution in [0.2, 0.25) is 0 Å². The number of methoxy groups -OCH3 is 1. The van der Waals surface area contributed by atoms with E-state index in [2.05, 4.69) is 47.8 Å². The summed E-state index contributed by atoms with van der Waals surface area (Å²) in [5.74, 6) is 0.900. The van der Waals surface area contributed by atoms with Crippen molar-refractivity contribution in [2.45, 2.75) is 13.5 Å². The van der Waals surface area contributed by atoms with Gasteiger partial charge in [0.2, 0.25) is 0 Å². The van der Waals surface area contributed by atoms with Crippen LogP contribution in [0.5, 0.6) is 5.75 Å². The Kier molecular flexibility index (Phi) is 5.44. The van der Waals surface area contributed by atoms with Crippen molar-refractivity contribution in [2.75, 3.05) is 32.1 Å². The van der Waals surface area contributed by atoms with Crippen molar-refractivity contribution in [3.05, 3.63) is 46.2 Å². The number of likely N-dealkylation sites (N-methyl/N-ethyl adjacent to an activating group) is 1. The van der Waals surface area contributed by atoms with Gasteiger partial charge in [-0.15, -0.1) is 11.3 Å². The molecule has 0 aliphatic heterocycles. The maximum absolute atomic E-state index is 5.25. The average molecular weight is 290 g/mol. The Bertz CT molecular complexity index is 539. The third kappa shape index (κ3) is 3.99. The molecule has 0 amide bonds. The molecule has 2 aromatic rings. The van der Waals surface area contributed by atoms with Crippen LogP contribution in [-0.2, 0) is 6.54 Å². The summed E-state index contributed by atoms with van der Waals surface area (Å²) in [7, 11) is 3.80. The van der Waals surface area contributed by atoms with E-state index in [0.717, 1.165) is 25.4 Å². The lowest BCUT2D eigenvalue weighted by Crippen LogP contribution is -2.28. The Morgan fingerprint density at radius 1 is 1.30 bits per heavy atom. The van der Waals surface area contributed by atoms with Crippen molar-refractivity contribution < 1.29 is 4.74 Å². The molecule has 0 spiro atoms. The minimum atomic E-state index is 0.900. The Balaban J connectivity index is 1.77. The highest BCUT2D eigenvalue weighted by atomic mass is 32.1. The van der Waals surface area contributed by atoms with Gasteiger partial charge in [0.25, 0.3) is 0 Å². The highest BCUT2D eigenvalue weighted by molar-refractivity contribution is 7.10. The molecule has 0 saturated heterocycles. The first-order valence-corrected chi connectivity index (χ1v) is 7.67. The summed E-state index contributed by atoms with van der Waals surface area (Å²) in [6, 6.07) is 10.3. The van der Waals surface area contributed by atoms with Crippen LogP contribution < -0.4 is 15.0 Å². The van der Waals surface area contributed by atoms with Crippen LogP contribution in [0.1, 0.15) is 10.4 Å². The first-order valence-electron chi connectivity index (χ1n) is 6.79. The van der Waals surface area contributed by atoms with Crippen molar-refractivity contribution >= 4 is 17.0 Å². The molecule has 0 atom stereocenters. The largest absolute Gasteiger partial charge is 0.497 e. The molecule has 1 aromatic carbocycles. The van der Waals surface area contributed by atoms with Gasteiger partial charge in [-0.25, -0.2) is 0 Å². The average Bonchev–Trinajstić information content (AvgIpc) is 2.89. The molecule has 0 bridgehead atoms. The molecule has 0 aliphatic carbocycles. The third-order valence-corrected chi connectivity index (χ3v) is 4.39. The lowest BCUT2D eigenvalue weighted by atomic mass is 10.2. The number of thiophene rings is 1. The third-order valence-electron chi connectivity index (χ3n) is 3.37. The van der Waals surface area contributed by atoms with E-state index in [-0.39, 0.29) is 0 Å². The van der Waals surface area contributed by atoms with Gasteiger partial charge in [0, 0.05) is 43.3 Å². The predicted molar refractivity (Wildman–Crippen MR) is 87.0 cm³/mol. The number of hydrogen-bond donors (Lipinski definition) is 1. The summed E-state index contributed by atoms with van der Waals surface area (Å²) in [4.78, 5) is 3.66. The summed E-state index contributed by atoms with van der Waals surface area (Å²) in [6.45, 7) is 5.05. The van der Waals surface area contributed by atoms with Crippen LogP contribution >= 0.6 is 11.3 Å². The summed E-state index contributed by atoms with van der Waals surface area (Å²) in [6.07, 6.45) is 0. The van der Waals surface area contributed by atoms with Crippen LogP contribution in [0.3, 0.4) is 0 Å². The molecule has 20 heavy (non-hydrogen) atoms. The molecule has 108 valence electrons. The van der Waals surface area contributed by atoms with Gasteiger partial charge in [0.15, 0.2) is 0 Å². The van der Waals surface area contributed by atoms with Gasteiger partial charge in [0.1, 0.15) is 5.75 Å². The predicted octanol–water partition coefficient (Wildman–Crippen LogP) is 3.29. The molecule has 2 rings (SSSR count). The zero-order valence-electron chi connectivity index (χ0n) is 12.3. The maximum atomic E-state index is 5.25. The normalized spacial score (nSPS) is 10.6. The first-order chi connectivity index (χ1) is 9.70. The molecular weight excluding hydrogens is 268 g/mol. The molecule has 0 saturated carbocycles. The molecule has 0 aliphatic rings. The minimum Gasteiger partial charge on any atom is -0.497 e. The van der Waals surface area contributed by atoms with Gasteiger partial charge in [-0.3, -0.25) is 0 Å². The number of ether oxygens (including phenoxy) is 1. The molecule has 0 fully saturated rings. The topological polar surface area (TPSA) is 24.5 Å². The summed E-state index contributed by atoms with van der Waals surface area (Å²) in [5.41, 5.74) is 2.56. The SMILES string of the molecule is COc1cccc(N(C)CCNCc2sccc2C)c1. The number of aryl methyl sites for hydroxylation is 1. The Hall–Kier alpha value is -1.52. The van der Waals surface area contributed by atoms with Crippen molar-refractivity contribution in [1.82, 2.24) is 5.32 Å². The Morgan fingerprint density at radius 2 is 2.15 bits per heavy atom. The number of hydrogen-bond acceptors (Lipinski definition) is 4. The van der Waals surface area contributed by atoms with Crippen molar-refractivity contribution in [3.63, 3.8) is 0 Å². The number of benzene rings is 1. The highest BCUT2D eigenvalue weighted by Crippen LogP contribution is 2.19. The summed E-state index contributed by atoms with van der Waals surface area (Å²) >= 11 is 1.82. The lowest BCUT2D eigenvalue weighted by molar-refractivity contribution is 0.415.